The molecule has 3 heterocycles. The number of hydrogen-bond acceptors (Lipinski definition) is 4. The molecule has 0 fully saturated rings. The SMILES string of the molecule is Cc1ccc2[nH]cc(CCNc3ncc(C)c(Nc4ccc5[nH]c(C)cc5c4)n3)c2c1. The first-order valence-corrected chi connectivity index (χ1v) is 10.6. The van der Waals surface area contributed by atoms with Gasteiger partial charge in [-0.3, -0.25) is 0 Å². The van der Waals surface area contributed by atoms with Gasteiger partial charge in [-0.1, -0.05) is 11.6 Å². The van der Waals surface area contributed by atoms with Crippen molar-refractivity contribution < 1.29 is 0 Å². The van der Waals surface area contributed by atoms with Crippen LogP contribution < -0.4 is 10.6 Å². The van der Waals surface area contributed by atoms with Crippen LogP contribution >= 0.6 is 0 Å². The fourth-order valence-electron chi connectivity index (χ4n) is 3.95. The van der Waals surface area contributed by atoms with E-state index in [1.54, 1.807) is 0 Å². The molecule has 0 atom stereocenters. The zero-order valence-electron chi connectivity index (χ0n) is 18.0. The number of anilines is 3. The molecule has 0 saturated heterocycles. The number of benzene rings is 2. The maximum Gasteiger partial charge on any atom is 0.224 e. The van der Waals surface area contributed by atoms with Crippen molar-refractivity contribution in [1.82, 2.24) is 19.9 Å². The fourth-order valence-corrected chi connectivity index (χ4v) is 3.95. The molecule has 0 aliphatic rings. The first kappa shape index (κ1) is 19.2. The van der Waals surface area contributed by atoms with Crippen molar-refractivity contribution in [2.45, 2.75) is 27.2 Å². The average molecular weight is 411 g/mol. The Hall–Kier alpha value is -3.80. The summed E-state index contributed by atoms with van der Waals surface area (Å²) in [6, 6.07) is 14.9. The van der Waals surface area contributed by atoms with Crippen molar-refractivity contribution in [1.29, 1.82) is 0 Å². The number of fused-ring (bicyclic) bond motifs is 2. The van der Waals surface area contributed by atoms with Gasteiger partial charge in [0, 0.05) is 57.7 Å². The smallest absolute Gasteiger partial charge is 0.224 e. The first-order chi connectivity index (χ1) is 15.0. The Morgan fingerprint density at radius 2 is 1.84 bits per heavy atom. The summed E-state index contributed by atoms with van der Waals surface area (Å²) in [7, 11) is 0. The quantitative estimate of drug-likeness (QED) is 0.287. The predicted octanol–water partition coefficient (Wildman–Crippen LogP) is 5.76. The van der Waals surface area contributed by atoms with Crippen LogP contribution in [-0.2, 0) is 6.42 Å². The number of aromatic nitrogens is 4. The summed E-state index contributed by atoms with van der Waals surface area (Å²) in [5, 5.41) is 9.27. The summed E-state index contributed by atoms with van der Waals surface area (Å²) in [6.45, 7) is 6.96. The van der Waals surface area contributed by atoms with Gasteiger partial charge in [0.2, 0.25) is 5.95 Å². The number of rotatable bonds is 6. The number of hydrogen-bond donors (Lipinski definition) is 4. The number of nitrogens with one attached hydrogen (secondary N) is 4. The zero-order valence-corrected chi connectivity index (χ0v) is 18.0. The van der Waals surface area contributed by atoms with Gasteiger partial charge in [0.25, 0.3) is 0 Å². The van der Waals surface area contributed by atoms with E-state index in [-0.39, 0.29) is 0 Å². The summed E-state index contributed by atoms with van der Waals surface area (Å²) in [4.78, 5) is 15.9. The lowest BCUT2D eigenvalue weighted by molar-refractivity contribution is 0.987. The Balaban J connectivity index is 1.29. The molecule has 31 heavy (non-hydrogen) atoms. The van der Waals surface area contributed by atoms with Crippen LogP contribution in [0.1, 0.15) is 22.4 Å². The minimum atomic E-state index is 0.627. The molecule has 5 aromatic rings. The van der Waals surface area contributed by atoms with Crippen LogP contribution in [0, 0.1) is 20.8 Å². The number of aryl methyl sites for hydroxylation is 3. The molecule has 0 radical (unpaired) electrons. The highest BCUT2D eigenvalue weighted by Gasteiger charge is 2.08. The highest BCUT2D eigenvalue weighted by atomic mass is 15.1. The second-order valence-electron chi connectivity index (χ2n) is 8.14. The maximum absolute atomic E-state index is 4.70. The van der Waals surface area contributed by atoms with E-state index < -0.39 is 0 Å². The van der Waals surface area contributed by atoms with Crippen LogP contribution in [0.25, 0.3) is 21.8 Å². The lowest BCUT2D eigenvalue weighted by Gasteiger charge is -2.11. The van der Waals surface area contributed by atoms with Crippen molar-refractivity contribution in [3.63, 3.8) is 0 Å². The molecule has 0 unspecified atom stereocenters. The average Bonchev–Trinajstić information content (AvgIpc) is 3.32. The van der Waals surface area contributed by atoms with E-state index in [9.17, 15) is 0 Å². The van der Waals surface area contributed by atoms with Crippen LogP contribution in [0.3, 0.4) is 0 Å². The van der Waals surface area contributed by atoms with Crippen LogP contribution in [0.2, 0.25) is 0 Å². The second-order valence-corrected chi connectivity index (χ2v) is 8.14. The minimum Gasteiger partial charge on any atom is -0.361 e. The van der Waals surface area contributed by atoms with Crippen LogP contribution in [0.4, 0.5) is 17.5 Å². The van der Waals surface area contributed by atoms with E-state index in [1.807, 2.05) is 13.1 Å². The van der Waals surface area contributed by atoms with Crippen LogP contribution in [0.15, 0.2) is 54.9 Å². The van der Waals surface area contributed by atoms with Gasteiger partial charge in [0.05, 0.1) is 0 Å². The van der Waals surface area contributed by atoms with E-state index in [0.717, 1.165) is 41.2 Å². The van der Waals surface area contributed by atoms with E-state index in [0.29, 0.717) is 5.95 Å². The fraction of sp³-hybridized carbons (Fsp3) is 0.200. The summed E-state index contributed by atoms with van der Waals surface area (Å²) in [6.07, 6.45) is 4.84. The Morgan fingerprint density at radius 1 is 0.968 bits per heavy atom. The summed E-state index contributed by atoms with van der Waals surface area (Å²) in [5.74, 6) is 1.44. The maximum atomic E-state index is 4.70. The van der Waals surface area contributed by atoms with Gasteiger partial charge in [-0.15, -0.1) is 0 Å². The molecule has 2 aromatic carbocycles. The Kier molecular flexibility index (Phi) is 4.82. The molecule has 0 aliphatic heterocycles. The molecule has 5 rings (SSSR count). The number of aromatic amines is 2. The monoisotopic (exact) mass is 410 g/mol. The van der Waals surface area contributed by atoms with Crippen molar-refractivity contribution in [3.8, 4) is 0 Å². The molecule has 0 amide bonds. The third kappa shape index (κ3) is 3.97. The third-order valence-corrected chi connectivity index (χ3v) is 5.59. The zero-order chi connectivity index (χ0) is 21.4. The van der Waals surface area contributed by atoms with Gasteiger partial charge in [-0.2, -0.15) is 4.98 Å². The standard InChI is InChI=1S/C25H26N6/c1-15-4-6-23-21(10-15)18(14-27-23)8-9-26-25-28-13-16(2)24(31-25)30-20-5-7-22-19(12-20)11-17(3)29-22/h4-7,10-14,27,29H,8-9H2,1-3H3,(H2,26,28,30,31). The summed E-state index contributed by atoms with van der Waals surface area (Å²) >= 11 is 0. The van der Waals surface area contributed by atoms with Gasteiger partial charge in [0.15, 0.2) is 0 Å². The third-order valence-electron chi connectivity index (χ3n) is 5.59. The minimum absolute atomic E-state index is 0.627. The molecular weight excluding hydrogens is 384 g/mol. The highest BCUT2D eigenvalue weighted by molar-refractivity contribution is 5.85. The van der Waals surface area contributed by atoms with Crippen molar-refractivity contribution in [2.24, 2.45) is 0 Å². The molecule has 0 bridgehead atoms. The van der Waals surface area contributed by atoms with Crippen molar-refractivity contribution in [2.75, 3.05) is 17.2 Å². The first-order valence-electron chi connectivity index (χ1n) is 10.6. The molecule has 156 valence electrons. The molecule has 0 spiro atoms. The summed E-state index contributed by atoms with van der Waals surface area (Å²) < 4.78 is 0. The molecule has 6 heteroatoms. The molecule has 6 nitrogen and oxygen atoms in total. The van der Waals surface area contributed by atoms with Gasteiger partial charge in [-0.05, 0) is 69.2 Å². The molecule has 0 aliphatic carbocycles. The second kappa shape index (κ2) is 7.80. The van der Waals surface area contributed by atoms with Gasteiger partial charge in [-0.25, -0.2) is 4.98 Å². The van der Waals surface area contributed by atoms with Gasteiger partial charge in [0.1, 0.15) is 5.82 Å². The normalized spacial score (nSPS) is 11.3. The predicted molar refractivity (Wildman–Crippen MR) is 128 cm³/mol. The lowest BCUT2D eigenvalue weighted by Crippen LogP contribution is -2.09. The van der Waals surface area contributed by atoms with Gasteiger partial charge < -0.3 is 20.6 Å². The Labute approximate surface area is 181 Å². The van der Waals surface area contributed by atoms with E-state index in [4.69, 9.17) is 4.98 Å². The number of nitrogens with zero attached hydrogens (tertiary/aromatic N) is 2. The van der Waals surface area contributed by atoms with E-state index in [1.165, 1.54) is 27.4 Å². The Bertz CT molecular complexity index is 1380. The Morgan fingerprint density at radius 3 is 2.74 bits per heavy atom. The number of H-pyrrole nitrogens is 2. The molecule has 4 N–H and O–H groups in total. The highest BCUT2D eigenvalue weighted by Crippen LogP contribution is 2.24. The molecule has 3 aromatic heterocycles. The van der Waals surface area contributed by atoms with Crippen LogP contribution in [-0.4, -0.2) is 26.5 Å². The van der Waals surface area contributed by atoms with E-state index >= 15 is 0 Å². The van der Waals surface area contributed by atoms with Crippen LogP contribution in [0.5, 0.6) is 0 Å². The van der Waals surface area contributed by atoms with Crippen molar-refractivity contribution in [3.05, 3.63) is 77.2 Å². The largest absolute Gasteiger partial charge is 0.361 e. The van der Waals surface area contributed by atoms with Crippen molar-refractivity contribution >= 4 is 39.3 Å². The molecular formula is C25H26N6. The topological polar surface area (TPSA) is 81.4 Å². The van der Waals surface area contributed by atoms with E-state index in [2.05, 4.69) is 88.1 Å². The molecule has 0 saturated carbocycles. The van der Waals surface area contributed by atoms with Gasteiger partial charge >= 0.3 is 0 Å². The summed E-state index contributed by atoms with van der Waals surface area (Å²) in [5.41, 5.74) is 8.04. The lowest BCUT2D eigenvalue weighted by atomic mass is 10.1.